The highest BCUT2D eigenvalue weighted by molar-refractivity contribution is 6.62. The molecule has 1 aromatic carbocycles. The molecule has 4 heteroatoms. The summed E-state index contributed by atoms with van der Waals surface area (Å²) in [6, 6.07) is 3.71. The van der Waals surface area contributed by atoms with Crippen molar-refractivity contribution in [2.45, 2.75) is 58.2 Å². The number of phenolic OH excluding ortho intramolecular Hbond substituents is 1. The first-order valence-corrected chi connectivity index (χ1v) is 7.01. The minimum atomic E-state index is -0.322. The van der Waals surface area contributed by atoms with E-state index in [1.54, 1.807) is 6.07 Å². The standard InChI is InChI=1S/C15H21BO3/c1-14(2)15(3,4)19-16(18-14)12-8-9-13(17)11-7-5-6-10(11)12/h8-9,17H,5-7H2,1-4H3. The summed E-state index contributed by atoms with van der Waals surface area (Å²) in [5.74, 6) is 0.410. The number of benzene rings is 1. The van der Waals surface area contributed by atoms with Gasteiger partial charge in [-0.2, -0.15) is 0 Å². The fourth-order valence-electron chi connectivity index (χ4n) is 2.91. The second kappa shape index (κ2) is 4.00. The largest absolute Gasteiger partial charge is 0.508 e. The normalized spacial score (nSPS) is 23.7. The van der Waals surface area contributed by atoms with E-state index in [1.165, 1.54) is 5.56 Å². The van der Waals surface area contributed by atoms with Gasteiger partial charge in [-0.25, -0.2) is 0 Å². The van der Waals surface area contributed by atoms with E-state index in [0.29, 0.717) is 5.75 Å². The Kier molecular flexibility index (Phi) is 2.74. The van der Waals surface area contributed by atoms with E-state index >= 15 is 0 Å². The summed E-state index contributed by atoms with van der Waals surface area (Å²) in [5, 5.41) is 9.92. The molecule has 3 nitrogen and oxygen atoms in total. The first kappa shape index (κ1) is 13.0. The molecule has 0 bridgehead atoms. The Bertz CT molecular complexity index is 506. The van der Waals surface area contributed by atoms with Gasteiger partial charge in [0.25, 0.3) is 0 Å². The van der Waals surface area contributed by atoms with Crippen LogP contribution in [-0.4, -0.2) is 23.4 Å². The van der Waals surface area contributed by atoms with E-state index in [-0.39, 0.29) is 18.3 Å². The highest BCUT2D eigenvalue weighted by atomic mass is 16.7. The number of aromatic hydroxyl groups is 1. The Hall–Kier alpha value is -0.995. The molecule has 0 aromatic heterocycles. The van der Waals surface area contributed by atoms with Crippen LogP contribution >= 0.6 is 0 Å². The zero-order chi connectivity index (χ0) is 13.8. The molecule has 1 N–H and O–H groups in total. The van der Waals surface area contributed by atoms with Gasteiger partial charge in [-0.3, -0.25) is 0 Å². The maximum absolute atomic E-state index is 9.92. The molecule has 2 aliphatic rings. The molecule has 1 fully saturated rings. The van der Waals surface area contributed by atoms with Crippen molar-refractivity contribution in [1.29, 1.82) is 0 Å². The van der Waals surface area contributed by atoms with Gasteiger partial charge in [-0.05, 0) is 69.6 Å². The van der Waals surface area contributed by atoms with E-state index in [2.05, 4.69) is 27.7 Å². The van der Waals surface area contributed by atoms with Crippen molar-refractivity contribution < 1.29 is 14.4 Å². The van der Waals surface area contributed by atoms with Gasteiger partial charge in [0, 0.05) is 0 Å². The summed E-state index contributed by atoms with van der Waals surface area (Å²) < 4.78 is 12.2. The van der Waals surface area contributed by atoms with Crippen molar-refractivity contribution in [1.82, 2.24) is 0 Å². The van der Waals surface area contributed by atoms with E-state index < -0.39 is 0 Å². The predicted octanol–water partition coefficient (Wildman–Crippen LogP) is 2.18. The molecule has 1 saturated heterocycles. The summed E-state index contributed by atoms with van der Waals surface area (Å²) in [4.78, 5) is 0. The Morgan fingerprint density at radius 2 is 1.58 bits per heavy atom. The maximum atomic E-state index is 9.92. The van der Waals surface area contributed by atoms with Crippen LogP contribution in [0.2, 0.25) is 0 Å². The molecule has 1 aromatic rings. The van der Waals surface area contributed by atoms with Gasteiger partial charge < -0.3 is 14.4 Å². The van der Waals surface area contributed by atoms with Crippen LogP contribution in [0.4, 0.5) is 0 Å². The summed E-state index contributed by atoms with van der Waals surface area (Å²) in [7, 11) is -0.322. The average molecular weight is 260 g/mol. The van der Waals surface area contributed by atoms with Gasteiger partial charge in [0.2, 0.25) is 0 Å². The van der Waals surface area contributed by atoms with E-state index in [4.69, 9.17) is 9.31 Å². The molecule has 1 aliphatic heterocycles. The number of phenols is 1. The number of hydrogen-bond acceptors (Lipinski definition) is 3. The average Bonchev–Trinajstić information content (AvgIpc) is 2.84. The molecular weight excluding hydrogens is 239 g/mol. The fourth-order valence-corrected chi connectivity index (χ4v) is 2.91. The molecule has 0 spiro atoms. The zero-order valence-electron chi connectivity index (χ0n) is 12.1. The highest BCUT2D eigenvalue weighted by Crippen LogP contribution is 2.38. The monoisotopic (exact) mass is 260 g/mol. The third-order valence-corrected chi connectivity index (χ3v) is 4.80. The van der Waals surface area contributed by atoms with Gasteiger partial charge in [0.1, 0.15) is 5.75 Å². The lowest BCUT2D eigenvalue weighted by atomic mass is 9.75. The van der Waals surface area contributed by atoms with Gasteiger partial charge in [0.05, 0.1) is 11.2 Å². The quantitative estimate of drug-likeness (QED) is 0.786. The molecular formula is C15H21BO3. The van der Waals surface area contributed by atoms with Crippen LogP contribution < -0.4 is 5.46 Å². The molecule has 0 unspecified atom stereocenters. The Morgan fingerprint density at radius 1 is 1.00 bits per heavy atom. The highest BCUT2D eigenvalue weighted by Gasteiger charge is 2.52. The molecule has 102 valence electrons. The Morgan fingerprint density at radius 3 is 2.21 bits per heavy atom. The van der Waals surface area contributed by atoms with Crippen molar-refractivity contribution in [3.63, 3.8) is 0 Å². The van der Waals surface area contributed by atoms with Crippen molar-refractivity contribution in [2.24, 2.45) is 0 Å². The van der Waals surface area contributed by atoms with E-state index in [0.717, 1.165) is 30.3 Å². The third kappa shape index (κ3) is 1.89. The summed E-state index contributed by atoms with van der Waals surface area (Å²) >= 11 is 0. The molecule has 0 amide bonds. The van der Waals surface area contributed by atoms with Crippen LogP contribution in [0.3, 0.4) is 0 Å². The van der Waals surface area contributed by atoms with Crippen molar-refractivity contribution in [2.75, 3.05) is 0 Å². The third-order valence-electron chi connectivity index (χ3n) is 4.80. The lowest BCUT2D eigenvalue weighted by Gasteiger charge is -2.32. The van der Waals surface area contributed by atoms with E-state index in [1.807, 2.05) is 6.07 Å². The Labute approximate surface area is 115 Å². The van der Waals surface area contributed by atoms with Gasteiger partial charge in [-0.15, -0.1) is 0 Å². The molecule has 1 aliphatic carbocycles. The maximum Gasteiger partial charge on any atom is 0.495 e. The smallest absolute Gasteiger partial charge is 0.495 e. The molecule has 1 heterocycles. The molecule has 19 heavy (non-hydrogen) atoms. The van der Waals surface area contributed by atoms with Crippen LogP contribution in [0, 0.1) is 0 Å². The lowest BCUT2D eigenvalue weighted by Crippen LogP contribution is -2.41. The minimum absolute atomic E-state index is 0.318. The Balaban J connectivity index is 2.00. The number of rotatable bonds is 1. The molecule has 0 radical (unpaired) electrons. The number of fused-ring (bicyclic) bond motifs is 1. The van der Waals surface area contributed by atoms with Crippen LogP contribution in [0.25, 0.3) is 0 Å². The fraction of sp³-hybridized carbons (Fsp3) is 0.600. The summed E-state index contributed by atoms with van der Waals surface area (Å²) in [5.41, 5.74) is 2.75. The first-order chi connectivity index (χ1) is 8.82. The summed E-state index contributed by atoms with van der Waals surface area (Å²) in [6.45, 7) is 8.25. The van der Waals surface area contributed by atoms with Gasteiger partial charge in [-0.1, -0.05) is 6.07 Å². The van der Waals surface area contributed by atoms with E-state index in [9.17, 15) is 5.11 Å². The van der Waals surface area contributed by atoms with Crippen LogP contribution in [0.1, 0.15) is 45.2 Å². The molecule has 0 atom stereocenters. The van der Waals surface area contributed by atoms with Crippen molar-refractivity contribution >= 4 is 12.6 Å². The van der Waals surface area contributed by atoms with Crippen molar-refractivity contribution in [3.8, 4) is 5.75 Å². The van der Waals surface area contributed by atoms with Gasteiger partial charge in [0.15, 0.2) is 0 Å². The molecule has 0 saturated carbocycles. The minimum Gasteiger partial charge on any atom is -0.508 e. The topological polar surface area (TPSA) is 38.7 Å². The van der Waals surface area contributed by atoms with Gasteiger partial charge >= 0.3 is 7.12 Å². The van der Waals surface area contributed by atoms with Crippen LogP contribution in [-0.2, 0) is 22.2 Å². The van der Waals surface area contributed by atoms with Crippen LogP contribution in [0.15, 0.2) is 12.1 Å². The molecule has 3 rings (SSSR count). The second-order valence-electron chi connectivity index (χ2n) is 6.57. The SMILES string of the molecule is CC1(C)OB(c2ccc(O)c3c2CCC3)OC1(C)C. The van der Waals surface area contributed by atoms with Crippen molar-refractivity contribution in [3.05, 3.63) is 23.3 Å². The summed E-state index contributed by atoms with van der Waals surface area (Å²) in [6.07, 6.45) is 3.05. The zero-order valence-corrected chi connectivity index (χ0v) is 12.1. The predicted molar refractivity (Wildman–Crippen MR) is 75.8 cm³/mol. The second-order valence-corrected chi connectivity index (χ2v) is 6.57. The van der Waals surface area contributed by atoms with Crippen LogP contribution in [0.5, 0.6) is 5.75 Å². The number of hydrogen-bond donors (Lipinski definition) is 1. The lowest BCUT2D eigenvalue weighted by molar-refractivity contribution is 0.00578. The first-order valence-electron chi connectivity index (χ1n) is 7.01.